The van der Waals surface area contributed by atoms with Crippen LogP contribution in [-0.4, -0.2) is 40.1 Å². The van der Waals surface area contributed by atoms with Gasteiger partial charge in [-0.1, -0.05) is 11.3 Å². The summed E-state index contributed by atoms with van der Waals surface area (Å²) >= 11 is 0. The number of halogens is 1. The summed E-state index contributed by atoms with van der Waals surface area (Å²) in [6, 6.07) is 5.61. The van der Waals surface area contributed by atoms with Gasteiger partial charge in [0.2, 0.25) is 0 Å². The first-order chi connectivity index (χ1) is 10.8. The smallest absolute Gasteiger partial charge is 0.165 e. The van der Waals surface area contributed by atoms with E-state index in [0.717, 1.165) is 44.5 Å². The summed E-state index contributed by atoms with van der Waals surface area (Å²) < 4.78 is 20.7. The van der Waals surface area contributed by atoms with Crippen molar-refractivity contribution in [3.8, 4) is 5.75 Å². The molecule has 0 spiro atoms. The molecule has 2 aromatic rings. The maximum Gasteiger partial charge on any atom is 0.165 e. The monoisotopic (exact) mass is 304 g/mol. The summed E-state index contributed by atoms with van der Waals surface area (Å²) in [4.78, 5) is 2.37. The topological polar surface area (TPSA) is 43.2 Å². The molecule has 0 bridgehead atoms. The Labute approximate surface area is 129 Å². The fourth-order valence-corrected chi connectivity index (χ4v) is 3.04. The molecule has 1 saturated heterocycles. The van der Waals surface area contributed by atoms with Gasteiger partial charge in [0.15, 0.2) is 11.6 Å². The molecular weight excluding hydrogens is 283 g/mol. The van der Waals surface area contributed by atoms with Crippen molar-refractivity contribution in [2.45, 2.75) is 31.8 Å². The predicted molar refractivity (Wildman–Crippen MR) is 81.1 cm³/mol. The van der Waals surface area contributed by atoms with Crippen molar-refractivity contribution in [3.63, 3.8) is 0 Å². The first-order valence-corrected chi connectivity index (χ1v) is 7.67. The molecule has 1 fully saturated rings. The molecule has 0 N–H and O–H groups in total. The van der Waals surface area contributed by atoms with E-state index in [0.29, 0.717) is 11.8 Å². The van der Waals surface area contributed by atoms with Crippen LogP contribution in [0.1, 0.15) is 30.9 Å². The molecule has 5 nitrogen and oxygen atoms in total. The summed E-state index contributed by atoms with van der Waals surface area (Å²) in [5.41, 5.74) is 0.984. The molecule has 1 atom stereocenters. The Morgan fingerprint density at radius 2 is 2.23 bits per heavy atom. The second-order valence-electron chi connectivity index (χ2n) is 5.71. The Balaban J connectivity index is 1.60. The lowest BCUT2D eigenvalue weighted by atomic mass is 10.1. The first-order valence-electron chi connectivity index (χ1n) is 7.67. The second kappa shape index (κ2) is 6.87. The van der Waals surface area contributed by atoms with Gasteiger partial charge in [0.05, 0.1) is 19.3 Å². The number of rotatable bonds is 4. The van der Waals surface area contributed by atoms with Crippen LogP contribution in [-0.2, 0) is 6.54 Å². The number of ether oxygens (including phenoxy) is 1. The first kappa shape index (κ1) is 15.0. The van der Waals surface area contributed by atoms with Crippen LogP contribution in [0.5, 0.6) is 5.75 Å². The van der Waals surface area contributed by atoms with Gasteiger partial charge < -0.3 is 4.74 Å². The van der Waals surface area contributed by atoms with E-state index in [1.807, 2.05) is 16.9 Å². The lowest BCUT2D eigenvalue weighted by molar-refractivity contribution is 0.270. The third-order valence-electron chi connectivity index (χ3n) is 4.23. The van der Waals surface area contributed by atoms with Gasteiger partial charge in [-0.2, -0.15) is 0 Å². The van der Waals surface area contributed by atoms with Gasteiger partial charge in [0, 0.05) is 19.3 Å². The highest BCUT2D eigenvalue weighted by Crippen LogP contribution is 2.23. The minimum Gasteiger partial charge on any atom is -0.494 e. The molecule has 1 unspecified atom stereocenters. The molecule has 0 aliphatic carbocycles. The zero-order valence-electron chi connectivity index (χ0n) is 12.8. The number of likely N-dealkylation sites (tertiary alicyclic amines) is 1. The van der Waals surface area contributed by atoms with Crippen LogP contribution < -0.4 is 4.74 Å². The van der Waals surface area contributed by atoms with Crippen LogP contribution in [0.2, 0.25) is 0 Å². The highest BCUT2D eigenvalue weighted by atomic mass is 19.1. The molecule has 6 heteroatoms. The Morgan fingerprint density at radius 3 is 2.95 bits per heavy atom. The SMILES string of the molecule is COc1ccc(CN2CCCC(n3ccnn3)CC2)cc1F. The number of hydrogen-bond acceptors (Lipinski definition) is 4. The van der Waals surface area contributed by atoms with Gasteiger partial charge >= 0.3 is 0 Å². The van der Waals surface area contributed by atoms with Crippen LogP contribution >= 0.6 is 0 Å². The van der Waals surface area contributed by atoms with Gasteiger partial charge in [-0.3, -0.25) is 4.90 Å². The molecule has 1 aliphatic heterocycles. The molecule has 1 aliphatic rings. The minimum absolute atomic E-state index is 0.296. The van der Waals surface area contributed by atoms with Crippen molar-refractivity contribution in [2.75, 3.05) is 20.2 Å². The lowest BCUT2D eigenvalue weighted by Gasteiger charge is -2.20. The molecular formula is C16H21FN4O. The molecule has 118 valence electrons. The van der Waals surface area contributed by atoms with E-state index in [-0.39, 0.29) is 5.82 Å². The Morgan fingerprint density at radius 1 is 1.32 bits per heavy atom. The standard InChI is InChI=1S/C16H21FN4O/c1-22-16-5-4-13(11-15(16)17)12-20-8-2-3-14(6-9-20)21-10-7-18-19-21/h4-5,7,10-11,14H,2-3,6,8-9,12H2,1H3. The molecule has 1 aromatic heterocycles. The zero-order chi connectivity index (χ0) is 15.4. The van der Waals surface area contributed by atoms with Gasteiger partial charge in [-0.15, -0.1) is 5.10 Å². The number of nitrogens with zero attached hydrogens (tertiary/aromatic N) is 4. The quantitative estimate of drug-likeness (QED) is 0.871. The average Bonchev–Trinajstić information content (AvgIpc) is 2.95. The third kappa shape index (κ3) is 3.44. The maximum atomic E-state index is 13.8. The van der Waals surface area contributed by atoms with Crippen LogP contribution in [0.25, 0.3) is 0 Å². The van der Waals surface area contributed by atoms with Crippen molar-refractivity contribution in [1.29, 1.82) is 0 Å². The summed E-state index contributed by atoms with van der Waals surface area (Å²) in [5.74, 6) is 0.00109. The van der Waals surface area contributed by atoms with E-state index < -0.39 is 0 Å². The van der Waals surface area contributed by atoms with Crippen LogP contribution in [0.4, 0.5) is 4.39 Å². The predicted octanol–water partition coefficient (Wildman–Crippen LogP) is 2.65. The molecule has 22 heavy (non-hydrogen) atoms. The fourth-order valence-electron chi connectivity index (χ4n) is 3.04. The molecule has 1 aromatic carbocycles. The van der Waals surface area contributed by atoms with E-state index in [2.05, 4.69) is 15.2 Å². The largest absolute Gasteiger partial charge is 0.494 e. The van der Waals surface area contributed by atoms with Crippen LogP contribution in [0, 0.1) is 5.82 Å². The van der Waals surface area contributed by atoms with Crippen molar-refractivity contribution in [1.82, 2.24) is 19.9 Å². The number of benzene rings is 1. The Hall–Kier alpha value is -1.95. The van der Waals surface area contributed by atoms with Crippen LogP contribution in [0.3, 0.4) is 0 Å². The van der Waals surface area contributed by atoms with Crippen molar-refractivity contribution in [3.05, 3.63) is 42.0 Å². The van der Waals surface area contributed by atoms with E-state index in [9.17, 15) is 4.39 Å². The highest BCUT2D eigenvalue weighted by Gasteiger charge is 2.19. The summed E-state index contributed by atoms with van der Waals surface area (Å²) in [6.07, 6.45) is 6.92. The van der Waals surface area contributed by atoms with Crippen molar-refractivity contribution in [2.24, 2.45) is 0 Å². The number of hydrogen-bond donors (Lipinski definition) is 0. The van der Waals surface area contributed by atoms with Gasteiger partial charge in [-0.25, -0.2) is 9.07 Å². The Bertz CT molecular complexity index is 602. The maximum absolute atomic E-state index is 13.8. The van der Waals surface area contributed by atoms with Crippen LogP contribution in [0.15, 0.2) is 30.6 Å². The molecule has 0 radical (unpaired) electrons. The van der Waals surface area contributed by atoms with E-state index in [1.165, 1.54) is 7.11 Å². The van der Waals surface area contributed by atoms with Gasteiger partial charge in [-0.05, 0) is 43.5 Å². The normalized spacial score (nSPS) is 19.8. The van der Waals surface area contributed by atoms with E-state index in [4.69, 9.17) is 4.74 Å². The summed E-state index contributed by atoms with van der Waals surface area (Å²) in [6.45, 7) is 2.78. The molecule has 0 amide bonds. The van der Waals surface area contributed by atoms with Gasteiger partial charge in [0.25, 0.3) is 0 Å². The fraction of sp³-hybridized carbons (Fsp3) is 0.500. The number of aromatic nitrogens is 3. The van der Waals surface area contributed by atoms with E-state index in [1.54, 1.807) is 18.3 Å². The van der Waals surface area contributed by atoms with Gasteiger partial charge in [0.1, 0.15) is 0 Å². The molecule has 0 saturated carbocycles. The number of methoxy groups -OCH3 is 1. The highest BCUT2D eigenvalue weighted by molar-refractivity contribution is 5.29. The van der Waals surface area contributed by atoms with Crippen molar-refractivity contribution >= 4 is 0 Å². The zero-order valence-corrected chi connectivity index (χ0v) is 12.8. The minimum atomic E-state index is -0.296. The lowest BCUT2D eigenvalue weighted by Crippen LogP contribution is -2.24. The summed E-state index contributed by atoms with van der Waals surface area (Å²) in [5, 5.41) is 7.99. The molecule has 3 rings (SSSR count). The Kier molecular flexibility index (Phi) is 4.68. The third-order valence-corrected chi connectivity index (χ3v) is 4.23. The summed E-state index contributed by atoms with van der Waals surface area (Å²) in [7, 11) is 1.48. The van der Waals surface area contributed by atoms with Crippen molar-refractivity contribution < 1.29 is 9.13 Å². The second-order valence-corrected chi connectivity index (χ2v) is 5.71. The average molecular weight is 304 g/mol. The molecule has 2 heterocycles. The van der Waals surface area contributed by atoms with E-state index >= 15 is 0 Å².